The van der Waals surface area contributed by atoms with Gasteiger partial charge in [-0.2, -0.15) is 0 Å². The number of carbonyl (C=O) groups excluding carboxylic acids is 2. The van der Waals surface area contributed by atoms with Gasteiger partial charge in [-0.15, -0.1) is 0 Å². The molecular weight excluding hydrogens is 284 g/mol. The van der Waals surface area contributed by atoms with Gasteiger partial charge in [-0.05, 0) is 19.1 Å². The average molecular weight is 306 g/mol. The molecule has 1 aliphatic rings. The van der Waals surface area contributed by atoms with Crippen LogP contribution in [0.25, 0.3) is 0 Å². The van der Waals surface area contributed by atoms with Crippen molar-refractivity contribution in [1.82, 2.24) is 4.90 Å². The van der Waals surface area contributed by atoms with Crippen molar-refractivity contribution in [3.63, 3.8) is 0 Å². The maximum Gasteiger partial charge on any atom is 0.248 e. The van der Waals surface area contributed by atoms with Gasteiger partial charge in [0.25, 0.3) is 0 Å². The minimum absolute atomic E-state index is 0.0360. The number of para-hydroxylation sites is 1. The summed E-state index contributed by atoms with van der Waals surface area (Å²) < 4.78 is 10.8. The summed E-state index contributed by atoms with van der Waals surface area (Å²) in [5, 5.41) is 0. The number of hydrogen-bond acceptors (Lipinski definition) is 4. The van der Waals surface area contributed by atoms with E-state index in [0.29, 0.717) is 26.3 Å². The van der Waals surface area contributed by atoms with Gasteiger partial charge in [0.2, 0.25) is 11.8 Å². The van der Waals surface area contributed by atoms with Crippen LogP contribution in [-0.2, 0) is 14.3 Å². The number of nitrogens with zero attached hydrogens (tertiary/aromatic N) is 1. The second-order valence-electron chi connectivity index (χ2n) is 5.33. The molecule has 1 aliphatic heterocycles. The van der Waals surface area contributed by atoms with Gasteiger partial charge in [-0.1, -0.05) is 18.2 Å². The van der Waals surface area contributed by atoms with E-state index in [1.165, 1.54) is 0 Å². The number of carbonyl (C=O) groups is 2. The molecule has 0 spiro atoms. The molecule has 1 heterocycles. The lowest BCUT2D eigenvalue weighted by Crippen LogP contribution is -2.34. The topological polar surface area (TPSA) is 81.9 Å². The molecule has 0 unspecified atom stereocenters. The van der Waals surface area contributed by atoms with Crippen LogP contribution in [-0.4, -0.2) is 49.6 Å². The van der Waals surface area contributed by atoms with Crippen molar-refractivity contribution < 1.29 is 19.1 Å². The fourth-order valence-electron chi connectivity index (χ4n) is 2.57. The Bertz CT molecular complexity index is 506. The molecule has 1 aromatic rings. The van der Waals surface area contributed by atoms with Crippen molar-refractivity contribution in [3.05, 3.63) is 30.3 Å². The molecular formula is C16H22N2O4. The Morgan fingerprint density at radius 1 is 1.27 bits per heavy atom. The van der Waals surface area contributed by atoms with E-state index in [0.717, 1.165) is 5.75 Å². The number of likely N-dealkylation sites (tertiary alicyclic amines) is 1. The van der Waals surface area contributed by atoms with Crippen LogP contribution in [0, 0.1) is 11.8 Å². The first-order valence-corrected chi connectivity index (χ1v) is 7.44. The van der Waals surface area contributed by atoms with Gasteiger partial charge in [-0.3, -0.25) is 9.59 Å². The maximum atomic E-state index is 12.0. The number of hydrogen-bond donors (Lipinski definition) is 1. The Hall–Kier alpha value is -2.08. The summed E-state index contributed by atoms with van der Waals surface area (Å²) in [5.41, 5.74) is 5.46. The molecule has 120 valence electrons. The average Bonchev–Trinajstić information content (AvgIpc) is 2.96. The summed E-state index contributed by atoms with van der Waals surface area (Å²) in [7, 11) is 0. The van der Waals surface area contributed by atoms with E-state index in [9.17, 15) is 9.59 Å². The molecule has 0 radical (unpaired) electrons. The number of benzene rings is 1. The lowest BCUT2D eigenvalue weighted by atomic mass is 9.96. The second kappa shape index (κ2) is 7.79. The van der Waals surface area contributed by atoms with Gasteiger partial charge < -0.3 is 20.1 Å². The first-order chi connectivity index (χ1) is 10.6. The molecule has 1 saturated heterocycles. The van der Waals surface area contributed by atoms with Crippen LogP contribution in [0.5, 0.6) is 5.75 Å². The summed E-state index contributed by atoms with van der Waals surface area (Å²) in [4.78, 5) is 25.2. The highest BCUT2D eigenvalue weighted by Crippen LogP contribution is 2.24. The molecule has 6 heteroatoms. The van der Waals surface area contributed by atoms with Crippen LogP contribution < -0.4 is 10.5 Å². The number of amides is 2. The van der Waals surface area contributed by atoms with E-state index in [4.69, 9.17) is 15.2 Å². The van der Waals surface area contributed by atoms with Crippen LogP contribution in [0.15, 0.2) is 30.3 Å². The van der Waals surface area contributed by atoms with Crippen molar-refractivity contribution in [3.8, 4) is 5.75 Å². The highest BCUT2D eigenvalue weighted by molar-refractivity contribution is 5.82. The van der Waals surface area contributed by atoms with Crippen LogP contribution in [0.3, 0.4) is 0 Å². The van der Waals surface area contributed by atoms with Gasteiger partial charge in [0, 0.05) is 25.6 Å². The van der Waals surface area contributed by atoms with Crippen molar-refractivity contribution >= 4 is 11.8 Å². The van der Waals surface area contributed by atoms with Gasteiger partial charge in [0.05, 0.1) is 12.5 Å². The van der Waals surface area contributed by atoms with Crippen molar-refractivity contribution in [2.24, 2.45) is 17.6 Å². The SMILES string of the molecule is CCOCC(=O)N1C[C@@H](COc2ccccc2)[C@H](C(N)=O)C1. The zero-order chi connectivity index (χ0) is 15.9. The molecule has 0 aliphatic carbocycles. The van der Waals surface area contributed by atoms with Gasteiger partial charge in [0.1, 0.15) is 12.4 Å². The van der Waals surface area contributed by atoms with Gasteiger partial charge in [-0.25, -0.2) is 0 Å². The Labute approximate surface area is 130 Å². The second-order valence-corrected chi connectivity index (χ2v) is 5.33. The van der Waals surface area contributed by atoms with E-state index < -0.39 is 5.91 Å². The lowest BCUT2D eigenvalue weighted by molar-refractivity contribution is -0.135. The van der Waals surface area contributed by atoms with Gasteiger partial charge >= 0.3 is 0 Å². The molecule has 0 aromatic heterocycles. The normalized spacial score (nSPS) is 20.9. The van der Waals surface area contributed by atoms with Crippen molar-refractivity contribution in [2.45, 2.75) is 6.92 Å². The predicted octanol–water partition coefficient (Wildman–Crippen LogP) is 0.662. The molecule has 1 aromatic carbocycles. The largest absolute Gasteiger partial charge is 0.493 e. The highest BCUT2D eigenvalue weighted by Gasteiger charge is 2.38. The smallest absolute Gasteiger partial charge is 0.248 e. The van der Waals surface area contributed by atoms with E-state index in [1.54, 1.807) is 4.90 Å². The molecule has 2 N–H and O–H groups in total. The van der Waals surface area contributed by atoms with E-state index in [2.05, 4.69) is 0 Å². The van der Waals surface area contributed by atoms with Crippen LogP contribution in [0.1, 0.15) is 6.92 Å². The molecule has 2 atom stereocenters. The summed E-state index contributed by atoms with van der Waals surface area (Å²) in [6, 6.07) is 9.38. The van der Waals surface area contributed by atoms with Gasteiger partial charge in [0.15, 0.2) is 0 Å². The third-order valence-corrected chi connectivity index (χ3v) is 3.80. The maximum absolute atomic E-state index is 12.0. The van der Waals surface area contributed by atoms with Crippen LogP contribution >= 0.6 is 0 Å². The van der Waals surface area contributed by atoms with E-state index in [-0.39, 0.29) is 24.3 Å². The number of rotatable bonds is 7. The molecule has 0 bridgehead atoms. The quantitative estimate of drug-likeness (QED) is 0.802. The minimum atomic E-state index is -0.395. The molecule has 2 rings (SSSR count). The summed E-state index contributed by atoms with van der Waals surface area (Å²) in [6.07, 6.45) is 0. The first kappa shape index (κ1) is 16.3. The fraction of sp³-hybridized carbons (Fsp3) is 0.500. The Morgan fingerprint density at radius 2 is 2.00 bits per heavy atom. The summed E-state index contributed by atoms with van der Waals surface area (Å²) in [5.74, 6) is -0.244. The molecule has 1 fully saturated rings. The van der Waals surface area contributed by atoms with E-state index in [1.807, 2.05) is 37.3 Å². The summed E-state index contributed by atoms with van der Waals surface area (Å²) >= 11 is 0. The van der Waals surface area contributed by atoms with Crippen molar-refractivity contribution in [1.29, 1.82) is 0 Å². The van der Waals surface area contributed by atoms with Crippen LogP contribution in [0.2, 0.25) is 0 Å². The standard InChI is InChI=1S/C16H22N2O4/c1-2-21-11-15(19)18-8-12(14(9-18)16(17)20)10-22-13-6-4-3-5-7-13/h3-7,12,14H,2,8-11H2,1H3,(H2,17,20)/t12-,14+/m0/s1. The van der Waals surface area contributed by atoms with Crippen LogP contribution in [0.4, 0.5) is 0 Å². The number of primary amides is 1. The number of nitrogens with two attached hydrogens (primary N) is 1. The fourth-order valence-corrected chi connectivity index (χ4v) is 2.57. The Kier molecular flexibility index (Phi) is 5.77. The Morgan fingerprint density at radius 3 is 2.64 bits per heavy atom. The molecule has 2 amide bonds. The monoisotopic (exact) mass is 306 g/mol. The Balaban J connectivity index is 1.93. The third kappa shape index (κ3) is 4.21. The van der Waals surface area contributed by atoms with E-state index >= 15 is 0 Å². The first-order valence-electron chi connectivity index (χ1n) is 7.44. The number of ether oxygens (including phenoxy) is 2. The molecule has 22 heavy (non-hydrogen) atoms. The zero-order valence-corrected chi connectivity index (χ0v) is 12.7. The lowest BCUT2D eigenvalue weighted by Gasteiger charge is -2.16. The molecule has 0 saturated carbocycles. The highest BCUT2D eigenvalue weighted by atomic mass is 16.5. The van der Waals surface area contributed by atoms with Crippen molar-refractivity contribution in [2.75, 3.05) is 32.9 Å². The zero-order valence-electron chi connectivity index (χ0n) is 12.7. The predicted molar refractivity (Wildman–Crippen MR) is 81.2 cm³/mol. The summed E-state index contributed by atoms with van der Waals surface area (Å²) in [6.45, 7) is 3.51. The third-order valence-electron chi connectivity index (χ3n) is 3.80. The molecule has 6 nitrogen and oxygen atoms in total. The minimum Gasteiger partial charge on any atom is -0.493 e.